The van der Waals surface area contributed by atoms with Crippen molar-refractivity contribution in [1.82, 2.24) is 10.3 Å². The number of nitrogens with one attached hydrogen (secondary N) is 2. The minimum absolute atomic E-state index is 0.0132. The second-order valence-corrected chi connectivity index (χ2v) is 5.14. The molecule has 2 aromatic rings. The SMILES string of the molecule is COC(=O)C(Cc1c[nH]c2cccc([B-](F)(F)F)c12)NC(C)=O. The molecule has 5 nitrogen and oxygen atoms in total. The summed E-state index contributed by atoms with van der Waals surface area (Å²) in [4.78, 5) is 25.7. The third-order valence-corrected chi connectivity index (χ3v) is 3.46. The molecule has 1 unspecified atom stereocenters. The first-order chi connectivity index (χ1) is 10.7. The van der Waals surface area contributed by atoms with Crippen LogP contribution in [0.25, 0.3) is 10.9 Å². The third-order valence-electron chi connectivity index (χ3n) is 3.46. The van der Waals surface area contributed by atoms with Crippen LogP contribution in [0.15, 0.2) is 24.4 Å². The number of halogens is 3. The van der Waals surface area contributed by atoms with Crippen molar-refractivity contribution in [2.75, 3.05) is 7.11 Å². The fraction of sp³-hybridized carbons (Fsp3) is 0.286. The second-order valence-electron chi connectivity index (χ2n) is 5.14. The number of amides is 1. The fourth-order valence-electron chi connectivity index (χ4n) is 2.52. The lowest BCUT2D eigenvalue weighted by Crippen LogP contribution is -2.42. The number of fused-ring (bicyclic) bond motifs is 1. The van der Waals surface area contributed by atoms with Gasteiger partial charge >= 0.3 is 12.9 Å². The minimum Gasteiger partial charge on any atom is -0.467 e. The summed E-state index contributed by atoms with van der Waals surface area (Å²) in [5.74, 6) is -1.19. The van der Waals surface area contributed by atoms with E-state index in [1.54, 1.807) is 0 Å². The quantitative estimate of drug-likeness (QED) is 0.645. The summed E-state index contributed by atoms with van der Waals surface area (Å²) in [7, 11) is 1.15. The number of benzene rings is 1. The van der Waals surface area contributed by atoms with Crippen molar-refractivity contribution in [3.63, 3.8) is 0 Å². The number of hydrogen-bond donors (Lipinski definition) is 2. The Morgan fingerprint density at radius 2 is 2.04 bits per heavy atom. The summed E-state index contributed by atoms with van der Waals surface area (Å²) >= 11 is 0. The Labute approximate surface area is 130 Å². The van der Waals surface area contributed by atoms with Crippen molar-refractivity contribution in [2.24, 2.45) is 0 Å². The number of methoxy groups -OCH3 is 1. The molecular weight excluding hydrogens is 312 g/mol. The molecule has 1 aromatic carbocycles. The lowest BCUT2D eigenvalue weighted by molar-refractivity contribution is -0.144. The average molecular weight is 327 g/mol. The largest absolute Gasteiger partial charge is 0.510 e. The summed E-state index contributed by atoms with van der Waals surface area (Å²) in [5, 5.41) is 2.40. The van der Waals surface area contributed by atoms with Gasteiger partial charge in [-0.25, -0.2) is 4.79 Å². The molecule has 0 saturated carbocycles. The van der Waals surface area contributed by atoms with Gasteiger partial charge in [0.1, 0.15) is 6.04 Å². The highest BCUT2D eigenvalue weighted by Gasteiger charge is 2.30. The average Bonchev–Trinajstić information content (AvgIpc) is 2.87. The van der Waals surface area contributed by atoms with Gasteiger partial charge in [0, 0.05) is 25.1 Å². The number of aromatic amines is 1. The number of hydrogen-bond acceptors (Lipinski definition) is 3. The van der Waals surface area contributed by atoms with E-state index in [1.165, 1.54) is 25.3 Å². The summed E-state index contributed by atoms with van der Waals surface area (Å²) in [6.07, 6.45) is 1.31. The van der Waals surface area contributed by atoms with Gasteiger partial charge in [-0.3, -0.25) is 4.79 Å². The van der Waals surface area contributed by atoms with Crippen molar-refractivity contribution in [3.8, 4) is 0 Å². The van der Waals surface area contributed by atoms with Crippen molar-refractivity contribution in [2.45, 2.75) is 19.4 Å². The number of carbonyl (C=O) groups is 2. The summed E-state index contributed by atoms with van der Waals surface area (Å²) in [5.41, 5.74) is -0.118. The van der Waals surface area contributed by atoms with Gasteiger partial charge in [0.15, 0.2) is 0 Å². The Bertz CT molecular complexity index is 742. The monoisotopic (exact) mass is 327 g/mol. The molecule has 0 aliphatic carbocycles. The summed E-state index contributed by atoms with van der Waals surface area (Å²) < 4.78 is 44.3. The first-order valence-electron chi connectivity index (χ1n) is 6.87. The van der Waals surface area contributed by atoms with Crippen molar-refractivity contribution in [1.29, 1.82) is 0 Å². The van der Waals surface area contributed by atoms with Gasteiger partial charge in [-0.1, -0.05) is 17.6 Å². The zero-order valence-corrected chi connectivity index (χ0v) is 12.5. The molecule has 0 aliphatic rings. The Morgan fingerprint density at radius 1 is 1.35 bits per heavy atom. The Balaban J connectivity index is 2.46. The molecule has 0 aliphatic heterocycles. The van der Waals surface area contributed by atoms with E-state index in [0.29, 0.717) is 11.1 Å². The molecule has 1 heterocycles. The summed E-state index contributed by atoms with van der Waals surface area (Å²) in [6.45, 7) is -3.99. The topological polar surface area (TPSA) is 71.2 Å². The molecule has 0 saturated heterocycles. The first kappa shape index (κ1) is 16.9. The molecule has 1 atom stereocenters. The molecule has 1 amide bonds. The van der Waals surface area contributed by atoms with Gasteiger partial charge in [-0.05, 0) is 17.0 Å². The van der Waals surface area contributed by atoms with Crippen molar-refractivity contribution < 1.29 is 27.3 Å². The first-order valence-corrected chi connectivity index (χ1v) is 6.87. The summed E-state index contributed by atoms with van der Waals surface area (Å²) in [6, 6.07) is 2.80. The van der Waals surface area contributed by atoms with E-state index in [0.717, 1.165) is 13.2 Å². The van der Waals surface area contributed by atoms with Crippen LogP contribution in [0.2, 0.25) is 0 Å². The van der Waals surface area contributed by atoms with Crippen LogP contribution in [0.4, 0.5) is 12.9 Å². The van der Waals surface area contributed by atoms with E-state index in [2.05, 4.69) is 15.0 Å². The number of ether oxygens (including phenoxy) is 1. The standard InChI is InChI=1S/C14H15BF3N2O3/c1-8(21)20-12(14(22)23-2)6-9-7-19-11-5-3-4-10(13(9)11)15(16,17)18/h3-5,7,12,19H,6H2,1-2H3,(H,20,21)/q-1. The van der Waals surface area contributed by atoms with Gasteiger partial charge in [0.05, 0.1) is 7.11 Å². The number of esters is 1. The minimum atomic E-state index is -5.20. The van der Waals surface area contributed by atoms with Crippen LogP contribution in [-0.2, 0) is 20.7 Å². The molecule has 0 fully saturated rings. The maximum Gasteiger partial charge on any atom is 0.510 e. The zero-order chi connectivity index (χ0) is 17.2. The number of rotatable bonds is 5. The smallest absolute Gasteiger partial charge is 0.467 e. The maximum absolute atomic E-state index is 13.2. The Morgan fingerprint density at radius 3 is 2.61 bits per heavy atom. The van der Waals surface area contributed by atoms with Crippen LogP contribution in [0, 0.1) is 0 Å². The van der Waals surface area contributed by atoms with Gasteiger partial charge in [0.2, 0.25) is 5.91 Å². The van der Waals surface area contributed by atoms with E-state index in [1.807, 2.05) is 0 Å². The molecule has 124 valence electrons. The predicted molar refractivity (Wildman–Crippen MR) is 80.3 cm³/mol. The highest BCUT2D eigenvalue weighted by atomic mass is 19.4. The maximum atomic E-state index is 13.2. The van der Waals surface area contributed by atoms with Gasteiger partial charge in [-0.2, -0.15) is 0 Å². The van der Waals surface area contributed by atoms with Crippen LogP contribution >= 0.6 is 0 Å². The van der Waals surface area contributed by atoms with Gasteiger partial charge in [0.25, 0.3) is 0 Å². The predicted octanol–water partition coefficient (Wildman–Crippen LogP) is 1.44. The highest BCUT2D eigenvalue weighted by Crippen LogP contribution is 2.22. The number of carbonyl (C=O) groups excluding carboxylic acids is 2. The zero-order valence-electron chi connectivity index (χ0n) is 12.5. The third kappa shape index (κ3) is 3.66. The molecule has 0 radical (unpaired) electrons. The molecule has 23 heavy (non-hydrogen) atoms. The van der Waals surface area contributed by atoms with Crippen molar-refractivity contribution >= 4 is 35.2 Å². The lowest BCUT2D eigenvalue weighted by atomic mass is 9.77. The van der Waals surface area contributed by atoms with Crippen LogP contribution in [0.5, 0.6) is 0 Å². The Kier molecular flexibility index (Phi) is 4.67. The molecular formula is C14H15BF3N2O3-. The molecule has 2 rings (SSSR count). The van der Waals surface area contributed by atoms with E-state index in [-0.39, 0.29) is 11.8 Å². The number of H-pyrrole nitrogens is 1. The van der Waals surface area contributed by atoms with Gasteiger partial charge in [-0.15, -0.1) is 0 Å². The van der Waals surface area contributed by atoms with Gasteiger partial charge < -0.3 is 28.0 Å². The van der Waals surface area contributed by atoms with E-state index < -0.39 is 30.4 Å². The molecule has 0 bridgehead atoms. The Hall–Kier alpha value is -2.45. The number of aromatic nitrogens is 1. The van der Waals surface area contributed by atoms with E-state index >= 15 is 0 Å². The van der Waals surface area contributed by atoms with E-state index in [4.69, 9.17) is 0 Å². The van der Waals surface area contributed by atoms with Crippen LogP contribution in [0.3, 0.4) is 0 Å². The van der Waals surface area contributed by atoms with Crippen molar-refractivity contribution in [3.05, 3.63) is 30.0 Å². The molecule has 1 aromatic heterocycles. The van der Waals surface area contributed by atoms with Crippen LogP contribution in [-0.4, -0.2) is 37.0 Å². The highest BCUT2D eigenvalue weighted by molar-refractivity contribution is 6.76. The van der Waals surface area contributed by atoms with Crippen LogP contribution < -0.4 is 10.8 Å². The molecule has 9 heteroatoms. The lowest BCUT2D eigenvalue weighted by Gasteiger charge is -2.19. The fourth-order valence-corrected chi connectivity index (χ4v) is 2.52. The van der Waals surface area contributed by atoms with Crippen LogP contribution in [0.1, 0.15) is 12.5 Å². The normalized spacial score (nSPS) is 12.9. The molecule has 2 N–H and O–H groups in total. The molecule has 0 spiro atoms. The van der Waals surface area contributed by atoms with E-state index in [9.17, 15) is 22.5 Å². The second kappa shape index (κ2) is 6.35.